The largest absolute Gasteiger partial charge is 0.340 e. The van der Waals surface area contributed by atoms with Crippen LogP contribution >= 0.6 is 11.6 Å². The van der Waals surface area contributed by atoms with Crippen LogP contribution in [0.5, 0.6) is 0 Å². The first kappa shape index (κ1) is 25.9. The van der Waals surface area contributed by atoms with Crippen molar-refractivity contribution < 1.29 is 9.59 Å². The number of rotatable bonds is 6. The molecule has 2 saturated carbocycles. The molecule has 0 bridgehead atoms. The maximum absolute atomic E-state index is 13.6. The Hall–Kier alpha value is -2.32. The Bertz CT molecular complexity index is 1050. The molecule has 0 spiro atoms. The first-order valence-corrected chi connectivity index (χ1v) is 15.1. The molecule has 1 aromatic carbocycles. The maximum Gasteiger partial charge on any atom is 0.231 e. The van der Waals surface area contributed by atoms with Crippen molar-refractivity contribution >= 4 is 29.3 Å². The molecule has 38 heavy (non-hydrogen) atoms. The smallest absolute Gasteiger partial charge is 0.231 e. The zero-order chi connectivity index (χ0) is 26.1. The van der Waals surface area contributed by atoms with Crippen LogP contribution in [0.3, 0.4) is 0 Å². The van der Waals surface area contributed by atoms with Gasteiger partial charge in [0.15, 0.2) is 6.29 Å². The minimum absolute atomic E-state index is 0.0313. The van der Waals surface area contributed by atoms with Crippen LogP contribution in [0.1, 0.15) is 76.2 Å². The molecule has 1 N–H and O–H groups in total. The van der Waals surface area contributed by atoms with E-state index in [-0.39, 0.29) is 30.1 Å². The molecule has 2 saturated heterocycles. The van der Waals surface area contributed by atoms with Gasteiger partial charge in [-0.3, -0.25) is 24.8 Å². The van der Waals surface area contributed by atoms with E-state index in [1.165, 1.54) is 32.1 Å². The van der Waals surface area contributed by atoms with Crippen molar-refractivity contribution in [2.75, 3.05) is 26.2 Å². The van der Waals surface area contributed by atoms with Crippen LogP contribution in [0.15, 0.2) is 29.4 Å². The minimum Gasteiger partial charge on any atom is -0.340 e. The molecule has 3 unspecified atom stereocenters. The van der Waals surface area contributed by atoms with Gasteiger partial charge in [-0.05, 0) is 37.3 Å². The fourth-order valence-corrected chi connectivity index (χ4v) is 7.57. The van der Waals surface area contributed by atoms with E-state index in [4.69, 9.17) is 16.7 Å². The van der Waals surface area contributed by atoms with Crippen LogP contribution in [0.2, 0.25) is 5.02 Å². The fourth-order valence-electron chi connectivity index (χ4n) is 7.37. The van der Waals surface area contributed by atoms with E-state index in [1.54, 1.807) is 0 Å². The number of hydrogen-bond acceptors (Lipinski definition) is 6. The molecule has 8 nitrogen and oxygen atoms in total. The van der Waals surface area contributed by atoms with Crippen LogP contribution < -0.4 is 5.43 Å². The zero-order valence-electron chi connectivity index (χ0n) is 22.4. The van der Waals surface area contributed by atoms with Crippen molar-refractivity contribution in [1.29, 1.82) is 0 Å². The van der Waals surface area contributed by atoms with Crippen molar-refractivity contribution in [1.82, 2.24) is 25.0 Å². The summed E-state index contributed by atoms with van der Waals surface area (Å²) in [5.74, 6) is 1.29. The summed E-state index contributed by atoms with van der Waals surface area (Å²) in [7, 11) is 0. The second kappa shape index (κ2) is 11.4. The minimum atomic E-state index is -0.317. The van der Waals surface area contributed by atoms with E-state index in [1.807, 2.05) is 34.1 Å². The van der Waals surface area contributed by atoms with Gasteiger partial charge in [0.25, 0.3) is 0 Å². The second-order valence-electron chi connectivity index (χ2n) is 11.7. The summed E-state index contributed by atoms with van der Waals surface area (Å²) in [6.45, 7) is 4.10. The lowest BCUT2D eigenvalue weighted by Gasteiger charge is -2.50. The highest BCUT2D eigenvalue weighted by molar-refractivity contribution is 6.31. The lowest BCUT2D eigenvalue weighted by atomic mass is 9.80. The lowest BCUT2D eigenvalue weighted by Crippen LogP contribution is -2.67. The Morgan fingerprint density at radius 2 is 1.71 bits per heavy atom. The Morgan fingerprint density at radius 1 is 0.974 bits per heavy atom. The number of nitrogens with one attached hydrogen (secondary N) is 1. The van der Waals surface area contributed by atoms with E-state index >= 15 is 0 Å². The summed E-state index contributed by atoms with van der Waals surface area (Å²) in [4.78, 5) is 35.7. The Labute approximate surface area is 231 Å². The highest BCUT2D eigenvalue weighted by Crippen LogP contribution is 2.39. The number of amides is 2. The average Bonchev–Trinajstić information content (AvgIpc) is 3.39. The molecule has 9 heteroatoms. The molecule has 4 fully saturated rings. The standard InChI is InChI=1S/C29H41ClN6O2/c30-24-12-6-4-8-21(24)20-35-28(38)23-11-5-7-13-25(23)36-26(31-32-29(35)36)14-15-27(37)34-18-16-33(17-19-34)22-9-2-1-3-10-22/h4,6,8,12,22-23,25,29,32H,1-3,5,7,9-11,13-20H2. The van der Waals surface area contributed by atoms with Crippen LogP contribution in [0, 0.1) is 5.92 Å². The van der Waals surface area contributed by atoms with Gasteiger partial charge >= 0.3 is 0 Å². The summed E-state index contributed by atoms with van der Waals surface area (Å²) in [6, 6.07) is 8.59. The maximum atomic E-state index is 13.6. The molecule has 5 aliphatic rings. The number of carbonyl (C=O) groups is 2. The van der Waals surface area contributed by atoms with Gasteiger partial charge < -0.3 is 9.80 Å². The van der Waals surface area contributed by atoms with Crippen molar-refractivity contribution in [3.05, 3.63) is 34.9 Å². The Morgan fingerprint density at radius 3 is 2.50 bits per heavy atom. The molecule has 0 radical (unpaired) electrons. The van der Waals surface area contributed by atoms with Crippen LogP contribution in [0.4, 0.5) is 0 Å². The second-order valence-corrected chi connectivity index (χ2v) is 12.1. The van der Waals surface area contributed by atoms with E-state index in [0.717, 1.165) is 69.3 Å². The molecule has 2 aliphatic carbocycles. The van der Waals surface area contributed by atoms with Crippen molar-refractivity contribution in [2.24, 2.45) is 11.0 Å². The third-order valence-electron chi connectivity index (χ3n) is 9.47. The highest BCUT2D eigenvalue weighted by atomic mass is 35.5. The van der Waals surface area contributed by atoms with Crippen LogP contribution in [-0.2, 0) is 16.1 Å². The molecular weight excluding hydrogens is 500 g/mol. The summed E-state index contributed by atoms with van der Waals surface area (Å²) in [5.41, 5.74) is 4.19. The van der Waals surface area contributed by atoms with Gasteiger partial charge in [-0.2, -0.15) is 5.10 Å². The predicted octanol–water partition coefficient (Wildman–Crippen LogP) is 4.00. The number of nitrogens with zero attached hydrogens (tertiary/aromatic N) is 5. The number of hydrazone groups is 1. The summed E-state index contributed by atoms with van der Waals surface area (Å²) < 4.78 is 0. The van der Waals surface area contributed by atoms with Gasteiger partial charge in [0.05, 0.1) is 12.5 Å². The normalized spacial score (nSPS) is 28.6. The van der Waals surface area contributed by atoms with Gasteiger partial charge in [0.2, 0.25) is 11.8 Å². The van der Waals surface area contributed by atoms with E-state index in [9.17, 15) is 9.59 Å². The molecule has 0 aromatic heterocycles. The number of amidine groups is 1. The predicted molar refractivity (Wildman–Crippen MR) is 148 cm³/mol. The van der Waals surface area contributed by atoms with Crippen molar-refractivity contribution in [2.45, 2.75) is 95.5 Å². The summed E-state index contributed by atoms with van der Waals surface area (Å²) in [5, 5.41) is 5.37. The monoisotopic (exact) mass is 540 g/mol. The molecule has 3 atom stereocenters. The zero-order valence-corrected chi connectivity index (χ0v) is 23.1. The quantitative estimate of drug-likeness (QED) is 0.590. The van der Waals surface area contributed by atoms with Gasteiger partial charge in [0, 0.05) is 56.1 Å². The van der Waals surface area contributed by atoms with Crippen LogP contribution in [0.25, 0.3) is 0 Å². The van der Waals surface area contributed by atoms with Gasteiger partial charge in [-0.1, -0.05) is 61.9 Å². The molecule has 1 aromatic rings. The van der Waals surface area contributed by atoms with E-state index < -0.39 is 0 Å². The van der Waals surface area contributed by atoms with E-state index in [2.05, 4.69) is 15.2 Å². The number of halogens is 1. The molecule has 2 amide bonds. The van der Waals surface area contributed by atoms with Gasteiger partial charge in [-0.25, -0.2) is 0 Å². The molecule has 206 valence electrons. The first-order chi connectivity index (χ1) is 18.6. The fraction of sp³-hybridized carbons (Fsp3) is 0.690. The first-order valence-electron chi connectivity index (χ1n) is 14.8. The number of benzene rings is 1. The van der Waals surface area contributed by atoms with Crippen LogP contribution in [-0.4, -0.2) is 81.8 Å². The lowest BCUT2D eigenvalue weighted by molar-refractivity contribution is -0.156. The molecule has 6 rings (SSSR count). The molecule has 3 aliphatic heterocycles. The number of hydrogen-bond donors (Lipinski definition) is 1. The topological polar surface area (TPSA) is 71.5 Å². The van der Waals surface area contributed by atoms with Crippen molar-refractivity contribution in [3.63, 3.8) is 0 Å². The summed E-state index contributed by atoms with van der Waals surface area (Å²) in [6.07, 6.45) is 11.5. The highest BCUT2D eigenvalue weighted by Gasteiger charge is 2.50. The third-order valence-corrected chi connectivity index (χ3v) is 9.84. The third kappa shape index (κ3) is 5.14. The van der Waals surface area contributed by atoms with E-state index in [0.29, 0.717) is 24.4 Å². The van der Waals surface area contributed by atoms with Gasteiger partial charge in [-0.15, -0.1) is 0 Å². The Balaban J connectivity index is 1.09. The average molecular weight is 541 g/mol. The Kier molecular flexibility index (Phi) is 7.80. The van der Waals surface area contributed by atoms with Gasteiger partial charge in [0.1, 0.15) is 5.84 Å². The number of fused-ring (bicyclic) bond motifs is 3. The SMILES string of the molecule is O=C(CCC1=NNC2N(Cc3ccccc3Cl)C(=O)C3CCCCC3N12)N1CCN(C2CCCCC2)CC1. The van der Waals surface area contributed by atoms with Crippen molar-refractivity contribution in [3.8, 4) is 0 Å². The number of carbonyl (C=O) groups excluding carboxylic acids is 2. The molecule has 3 heterocycles. The molecular formula is C29H41ClN6O2. The number of piperazine rings is 1. The summed E-state index contributed by atoms with van der Waals surface area (Å²) >= 11 is 6.47.